The van der Waals surface area contributed by atoms with Crippen molar-refractivity contribution in [2.24, 2.45) is 0 Å². The number of aromatic nitrogens is 1. The van der Waals surface area contributed by atoms with Crippen LogP contribution in [0.5, 0.6) is 0 Å². The van der Waals surface area contributed by atoms with E-state index in [0.29, 0.717) is 39.8 Å². The number of carbonyl (C=O) groups is 3. The molecule has 7 nitrogen and oxygen atoms in total. The fourth-order valence-corrected chi connectivity index (χ4v) is 4.27. The average Bonchev–Trinajstić information content (AvgIpc) is 3.36. The molecule has 0 saturated heterocycles. The third kappa shape index (κ3) is 6.22. The molecule has 0 radical (unpaired) electrons. The largest absolute Gasteiger partial charge is 0.346 e. The quantitative estimate of drug-likeness (QED) is 0.290. The van der Waals surface area contributed by atoms with Crippen molar-refractivity contribution in [2.75, 3.05) is 10.6 Å². The van der Waals surface area contributed by atoms with Gasteiger partial charge in [-0.2, -0.15) is 0 Å². The molecule has 0 aliphatic heterocycles. The Morgan fingerprint density at radius 3 is 2.36 bits per heavy atom. The summed E-state index contributed by atoms with van der Waals surface area (Å²) in [6.07, 6.45) is 1.67. The molecule has 36 heavy (non-hydrogen) atoms. The highest BCUT2D eigenvalue weighted by Crippen LogP contribution is 2.25. The maximum atomic E-state index is 13.0. The summed E-state index contributed by atoms with van der Waals surface area (Å²) < 4.78 is 0. The maximum Gasteiger partial charge on any atom is 0.258 e. The van der Waals surface area contributed by atoms with Crippen molar-refractivity contribution in [3.8, 4) is 0 Å². The number of thiophene rings is 1. The topological polar surface area (TPSA) is 100 Å². The molecule has 0 bridgehead atoms. The number of carbonyl (C=O) groups excluding carboxylic acids is 3. The number of amides is 3. The van der Waals surface area contributed by atoms with E-state index in [4.69, 9.17) is 0 Å². The summed E-state index contributed by atoms with van der Waals surface area (Å²) in [4.78, 5) is 42.4. The van der Waals surface area contributed by atoms with E-state index in [1.807, 2.05) is 30.3 Å². The number of anilines is 2. The Morgan fingerprint density at radius 1 is 0.833 bits per heavy atom. The minimum absolute atomic E-state index is 0.274. The second-order valence-corrected chi connectivity index (χ2v) is 9.35. The zero-order valence-electron chi connectivity index (χ0n) is 19.9. The summed E-state index contributed by atoms with van der Waals surface area (Å²) in [5.41, 5.74) is 3.64. The second-order valence-electron chi connectivity index (χ2n) is 8.43. The molecule has 0 aliphatic carbocycles. The molecule has 4 aromatic rings. The van der Waals surface area contributed by atoms with Crippen LogP contribution in [0.1, 0.15) is 62.1 Å². The number of benzene rings is 2. The van der Waals surface area contributed by atoms with Gasteiger partial charge >= 0.3 is 0 Å². The summed E-state index contributed by atoms with van der Waals surface area (Å²) >= 11 is 1.27. The normalized spacial score (nSPS) is 10.6. The molecule has 0 aliphatic rings. The summed E-state index contributed by atoms with van der Waals surface area (Å²) in [5.74, 6) is -0.565. The first-order valence-electron chi connectivity index (χ1n) is 11.5. The number of nitrogens with one attached hydrogen (secondary N) is 3. The number of pyridine rings is 1. The summed E-state index contributed by atoms with van der Waals surface area (Å²) in [5, 5.41) is 10.7. The van der Waals surface area contributed by atoms with E-state index < -0.39 is 0 Å². The Bertz CT molecular complexity index is 1370. The lowest BCUT2D eigenvalue weighted by molar-refractivity contribution is 0.0948. The highest BCUT2D eigenvalue weighted by molar-refractivity contribution is 7.14. The van der Waals surface area contributed by atoms with Gasteiger partial charge < -0.3 is 16.0 Å². The van der Waals surface area contributed by atoms with Crippen LogP contribution in [0.15, 0.2) is 84.4 Å². The predicted octanol–water partition coefficient (Wildman–Crippen LogP) is 5.70. The highest BCUT2D eigenvalue weighted by Gasteiger charge is 2.17. The van der Waals surface area contributed by atoms with Crippen LogP contribution in [0.2, 0.25) is 0 Å². The first-order chi connectivity index (χ1) is 17.4. The Labute approximate surface area is 213 Å². The first kappa shape index (κ1) is 24.8. The third-order valence-corrected chi connectivity index (χ3v) is 6.35. The van der Waals surface area contributed by atoms with Crippen molar-refractivity contribution < 1.29 is 14.4 Å². The fourth-order valence-electron chi connectivity index (χ4n) is 3.49. The number of nitrogens with zero attached hydrogens (tertiary/aromatic N) is 1. The van der Waals surface area contributed by atoms with Gasteiger partial charge in [-0.15, -0.1) is 11.3 Å². The van der Waals surface area contributed by atoms with Crippen molar-refractivity contribution in [2.45, 2.75) is 26.3 Å². The van der Waals surface area contributed by atoms with Gasteiger partial charge in [0.25, 0.3) is 17.7 Å². The smallest absolute Gasteiger partial charge is 0.258 e. The second kappa shape index (κ2) is 11.4. The molecule has 4 rings (SSSR count). The standard InChI is InChI=1S/C28H26N4O3S/c1-18(2)19-9-11-20(12-10-19)26(34)32-28-24(13-15-36-28)27(35)31-22-8-5-6-21(16-22)25(33)30-17-23-7-3-4-14-29-23/h3-16,18H,17H2,1-2H3,(H,30,33)(H,31,35)(H,32,34). The molecule has 3 N–H and O–H groups in total. The molecule has 0 spiro atoms. The van der Waals surface area contributed by atoms with E-state index in [9.17, 15) is 14.4 Å². The van der Waals surface area contributed by atoms with E-state index in [-0.39, 0.29) is 17.7 Å². The van der Waals surface area contributed by atoms with Gasteiger partial charge in [0.1, 0.15) is 5.00 Å². The van der Waals surface area contributed by atoms with E-state index in [0.717, 1.165) is 11.3 Å². The molecule has 8 heteroatoms. The molecule has 0 fully saturated rings. The number of rotatable bonds is 8. The minimum Gasteiger partial charge on any atom is -0.346 e. The predicted molar refractivity (Wildman–Crippen MR) is 143 cm³/mol. The molecule has 2 heterocycles. The van der Waals surface area contributed by atoms with Gasteiger partial charge in [-0.3, -0.25) is 19.4 Å². The summed E-state index contributed by atoms with van der Waals surface area (Å²) in [6, 6.07) is 21.2. The van der Waals surface area contributed by atoms with Gasteiger partial charge in [0, 0.05) is 23.0 Å². The Morgan fingerprint density at radius 2 is 1.64 bits per heavy atom. The zero-order valence-corrected chi connectivity index (χ0v) is 20.8. The van der Waals surface area contributed by atoms with E-state index in [2.05, 4.69) is 34.8 Å². The van der Waals surface area contributed by atoms with Gasteiger partial charge in [0.05, 0.1) is 17.8 Å². The number of hydrogen-bond donors (Lipinski definition) is 3. The van der Waals surface area contributed by atoms with E-state index >= 15 is 0 Å². The van der Waals surface area contributed by atoms with Gasteiger partial charge in [0.15, 0.2) is 0 Å². The van der Waals surface area contributed by atoms with E-state index in [1.165, 1.54) is 11.3 Å². The third-order valence-electron chi connectivity index (χ3n) is 5.52. The molecular formula is C28H26N4O3S. The molecule has 182 valence electrons. The van der Waals surface area contributed by atoms with Crippen molar-refractivity contribution in [3.05, 3.63) is 112 Å². The molecule has 2 aromatic heterocycles. The highest BCUT2D eigenvalue weighted by atomic mass is 32.1. The van der Waals surface area contributed by atoms with Gasteiger partial charge in [-0.05, 0) is 65.4 Å². The van der Waals surface area contributed by atoms with Crippen LogP contribution in [0.25, 0.3) is 0 Å². The van der Waals surface area contributed by atoms with Crippen LogP contribution in [0, 0.1) is 0 Å². The van der Waals surface area contributed by atoms with Crippen LogP contribution in [-0.2, 0) is 6.54 Å². The molecule has 0 saturated carbocycles. The van der Waals surface area contributed by atoms with Gasteiger partial charge in [-0.1, -0.05) is 38.1 Å². The summed E-state index contributed by atoms with van der Waals surface area (Å²) in [7, 11) is 0. The Balaban J connectivity index is 1.40. The lowest BCUT2D eigenvalue weighted by atomic mass is 10.0. The maximum absolute atomic E-state index is 13.0. The number of hydrogen-bond acceptors (Lipinski definition) is 5. The average molecular weight is 499 g/mol. The lowest BCUT2D eigenvalue weighted by Gasteiger charge is -2.10. The SMILES string of the molecule is CC(C)c1ccc(C(=O)Nc2sccc2C(=O)Nc2cccc(C(=O)NCc3ccccn3)c2)cc1. The molecular weight excluding hydrogens is 472 g/mol. The molecule has 0 unspecified atom stereocenters. The van der Waals surface area contributed by atoms with Gasteiger partial charge in [0.2, 0.25) is 0 Å². The Hall–Kier alpha value is -4.30. The van der Waals surface area contributed by atoms with Crippen LogP contribution < -0.4 is 16.0 Å². The van der Waals surface area contributed by atoms with Crippen molar-refractivity contribution >= 4 is 39.7 Å². The minimum atomic E-state index is -0.382. The summed E-state index contributed by atoms with van der Waals surface area (Å²) in [6.45, 7) is 4.49. The lowest BCUT2D eigenvalue weighted by Crippen LogP contribution is -2.23. The van der Waals surface area contributed by atoms with Crippen LogP contribution in [0.3, 0.4) is 0 Å². The first-order valence-corrected chi connectivity index (χ1v) is 12.4. The van der Waals surface area contributed by atoms with Crippen LogP contribution >= 0.6 is 11.3 Å². The van der Waals surface area contributed by atoms with E-state index in [1.54, 1.807) is 54.0 Å². The van der Waals surface area contributed by atoms with Crippen LogP contribution in [-0.4, -0.2) is 22.7 Å². The van der Waals surface area contributed by atoms with Crippen LogP contribution in [0.4, 0.5) is 10.7 Å². The molecule has 3 amide bonds. The molecule has 2 aromatic carbocycles. The van der Waals surface area contributed by atoms with Gasteiger partial charge in [-0.25, -0.2) is 0 Å². The fraction of sp³-hybridized carbons (Fsp3) is 0.143. The van der Waals surface area contributed by atoms with Crippen molar-refractivity contribution in [1.29, 1.82) is 0 Å². The molecule has 0 atom stereocenters. The van der Waals surface area contributed by atoms with Crippen molar-refractivity contribution in [3.63, 3.8) is 0 Å². The zero-order chi connectivity index (χ0) is 25.5. The monoisotopic (exact) mass is 498 g/mol. The Kier molecular flexibility index (Phi) is 7.87. The van der Waals surface area contributed by atoms with Crippen molar-refractivity contribution in [1.82, 2.24) is 10.3 Å².